The monoisotopic (exact) mass is 459 g/mol. The summed E-state index contributed by atoms with van der Waals surface area (Å²) in [6, 6.07) is 10.1. The summed E-state index contributed by atoms with van der Waals surface area (Å²) in [5.41, 5.74) is -0.214. The summed E-state index contributed by atoms with van der Waals surface area (Å²) < 4.78 is 11.2. The number of nitrogens with zero attached hydrogens (tertiary/aromatic N) is 4. The van der Waals surface area contributed by atoms with Crippen molar-refractivity contribution >= 4 is 23.8 Å². The predicted molar refractivity (Wildman–Crippen MR) is 128 cm³/mol. The molecule has 182 valence electrons. The number of guanidine groups is 1. The number of amides is 2. The van der Waals surface area contributed by atoms with Gasteiger partial charge in [-0.05, 0) is 60.1 Å². The quantitative estimate of drug-likeness (QED) is 0.726. The number of piperazine rings is 1. The van der Waals surface area contributed by atoms with Crippen molar-refractivity contribution < 1.29 is 19.1 Å². The van der Waals surface area contributed by atoms with Gasteiger partial charge in [0.2, 0.25) is 5.96 Å². The standard InChI is InChI=1S/C24H37N5O4/c1-23(2,3)32-21(30)28-14-10-15-29(22(31)33-24(4,5)6)20(28)26-19-17-27(16-13-25-19)18-11-8-7-9-12-18/h7-9,11-12,19,25H,10,13-17H2,1-6H3. The van der Waals surface area contributed by atoms with Gasteiger partial charge in [-0.1, -0.05) is 18.2 Å². The number of hydrogen-bond acceptors (Lipinski definition) is 7. The largest absolute Gasteiger partial charge is 0.443 e. The summed E-state index contributed by atoms with van der Waals surface area (Å²) in [7, 11) is 0. The first-order chi connectivity index (χ1) is 15.4. The summed E-state index contributed by atoms with van der Waals surface area (Å²) in [6.07, 6.45) is -0.747. The van der Waals surface area contributed by atoms with E-state index in [1.165, 1.54) is 9.80 Å². The zero-order chi connectivity index (χ0) is 24.2. The van der Waals surface area contributed by atoms with Gasteiger partial charge < -0.3 is 14.4 Å². The molecular weight excluding hydrogens is 422 g/mol. The average molecular weight is 460 g/mol. The van der Waals surface area contributed by atoms with Gasteiger partial charge in [-0.15, -0.1) is 0 Å². The molecule has 9 nitrogen and oxygen atoms in total. The van der Waals surface area contributed by atoms with Crippen molar-refractivity contribution in [2.75, 3.05) is 37.6 Å². The predicted octanol–water partition coefficient (Wildman–Crippen LogP) is 3.66. The highest BCUT2D eigenvalue weighted by molar-refractivity contribution is 6.02. The molecular formula is C24H37N5O4. The van der Waals surface area contributed by atoms with E-state index in [0.29, 0.717) is 26.1 Å². The maximum atomic E-state index is 13.0. The Balaban J connectivity index is 1.89. The molecule has 33 heavy (non-hydrogen) atoms. The molecule has 2 fully saturated rings. The van der Waals surface area contributed by atoms with Crippen molar-refractivity contribution in [2.24, 2.45) is 4.99 Å². The van der Waals surface area contributed by atoms with E-state index in [1.54, 1.807) is 0 Å². The molecule has 1 unspecified atom stereocenters. The molecule has 2 amide bonds. The number of para-hydroxylation sites is 1. The van der Waals surface area contributed by atoms with Gasteiger partial charge in [-0.3, -0.25) is 5.32 Å². The highest BCUT2D eigenvalue weighted by Gasteiger charge is 2.37. The van der Waals surface area contributed by atoms with Crippen LogP contribution in [0.4, 0.5) is 15.3 Å². The lowest BCUT2D eigenvalue weighted by Gasteiger charge is -2.39. The SMILES string of the molecule is CC(C)(C)OC(=O)N1CCCN(C(=O)OC(C)(C)C)C1=NC1CN(c2ccccc2)CCN1. The van der Waals surface area contributed by atoms with Crippen LogP contribution < -0.4 is 10.2 Å². The molecule has 0 radical (unpaired) electrons. The van der Waals surface area contributed by atoms with Crippen molar-refractivity contribution in [3.05, 3.63) is 30.3 Å². The Bertz CT molecular complexity index is 822. The van der Waals surface area contributed by atoms with Crippen molar-refractivity contribution in [1.29, 1.82) is 0 Å². The topological polar surface area (TPSA) is 86.7 Å². The Morgan fingerprint density at radius 2 is 1.45 bits per heavy atom. The number of benzene rings is 1. The maximum absolute atomic E-state index is 13.0. The van der Waals surface area contributed by atoms with E-state index in [0.717, 1.165) is 18.8 Å². The van der Waals surface area contributed by atoms with Gasteiger partial charge in [0.05, 0.1) is 6.54 Å². The Morgan fingerprint density at radius 3 is 1.97 bits per heavy atom. The lowest BCUT2D eigenvalue weighted by Crippen LogP contribution is -2.58. The molecule has 3 rings (SSSR count). The van der Waals surface area contributed by atoms with E-state index >= 15 is 0 Å². The summed E-state index contributed by atoms with van der Waals surface area (Å²) in [5, 5.41) is 3.39. The maximum Gasteiger partial charge on any atom is 0.417 e. The number of ether oxygens (including phenoxy) is 2. The van der Waals surface area contributed by atoms with Crippen LogP contribution in [0.15, 0.2) is 35.3 Å². The summed E-state index contributed by atoms with van der Waals surface area (Å²) in [4.78, 5) is 36.0. The van der Waals surface area contributed by atoms with Crippen LogP contribution in [0.5, 0.6) is 0 Å². The van der Waals surface area contributed by atoms with Gasteiger partial charge in [0.1, 0.15) is 17.4 Å². The van der Waals surface area contributed by atoms with E-state index in [1.807, 2.05) is 59.7 Å². The minimum absolute atomic E-state index is 0.261. The molecule has 1 aromatic carbocycles. The van der Waals surface area contributed by atoms with Crippen LogP contribution in [0, 0.1) is 0 Å². The van der Waals surface area contributed by atoms with Crippen LogP contribution in [0.25, 0.3) is 0 Å². The number of carbonyl (C=O) groups excluding carboxylic acids is 2. The number of anilines is 1. The fraction of sp³-hybridized carbons (Fsp3) is 0.625. The fourth-order valence-electron chi connectivity index (χ4n) is 3.68. The summed E-state index contributed by atoms with van der Waals surface area (Å²) >= 11 is 0. The molecule has 0 bridgehead atoms. The molecule has 1 N–H and O–H groups in total. The fourth-order valence-corrected chi connectivity index (χ4v) is 3.68. The van der Waals surface area contributed by atoms with Gasteiger partial charge in [0.15, 0.2) is 0 Å². The molecule has 0 spiro atoms. The van der Waals surface area contributed by atoms with E-state index < -0.39 is 23.4 Å². The zero-order valence-electron chi connectivity index (χ0n) is 20.6. The third kappa shape index (κ3) is 7.08. The second kappa shape index (κ2) is 9.99. The minimum Gasteiger partial charge on any atom is -0.443 e. The first-order valence-electron chi connectivity index (χ1n) is 11.6. The third-order valence-electron chi connectivity index (χ3n) is 5.02. The van der Waals surface area contributed by atoms with Gasteiger partial charge >= 0.3 is 12.2 Å². The smallest absolute Gasteiger partial charge is 0.417 e. The summed E-state index contributed by atoms with van der Waals surface area (Å²) in [6.45, 7) is 13.9. The number of carbonyl (C=O) groups is 2. The van der Waals surface area contributed by atoms with Crippen LogP contribution in [-0.2, 0) is 9.47 Å². The third-order valence-corrected chi connectivity index (χ3v) is 5.02. The van der Waals surface area contributed by atoms with E-state index in [-0.39, 0.29) is 12.1 Å². The first kappa shape index (κ1) is 24.8. The molecule has 2 aliphatic rings. The van der Waals surface area contributed by atoms with Crippen LogP contribution >= 0.6 is 0 Å². The second-order valence-electron chi connectivity index (χ2n) is 10.3. The number of aliphatic imine (C=N–C) groups is 1. The molecule has 0 saturated carbocycles. The molecule has 0 aromatic heterocycles. The Hall–Kier alpha value is -2.81. The van der Waals surface area contributed by atoms with Crippen LogP contribution in [0.1, 0.15) is 48.0 Å². The average Bonchev–Trinajstić information content (AvgIpc) is 2.72. The number of nitrogens with one attached hydrogen (secondary N) is 1. The molecule has 2 saturated heterocycles. The highest BCUT2D eigenvalue weighted by Crippen LogP contribution is 2.21. The van der Waals surface area contributed by atoms with Crippen molar-refractivity contribution in [2.45, 2.75) is 65.3 Å². The molecule has 2 heterocycles. The Morgan fingerprint density at radius 1 is 0.909 bits per heavy atom. The van der Waals surface area contributed by atoms with Crippen molar-refractivity contribution in [3.8, 4) is 0 Å². The molecule has 1 atom stereocenters. The molecule has 0 aliphatic carbocycles. The minimum atomic E-state index is -0.663. The first-order valence-corrected chi connectivity index (χ1v) is 11.6. The zero-order valence-corrected chi connectivity index (χ0v) is 20.6. The number of hydrogen-bond donors (Lipinski definition) is 1. The van der Waals surface area contributed by atoms with E-state index in [9.17, 15) is 9.59 Å². The lowest BCUT2D eigenvalue weighted by atomic mass is 10.2. The second-order valence-corrected chi connectivity index (χ2v) is 10.3. The Labute approximate surface area is 196 Å². The number of rotatable bonds is 2. The van der Waals surface area contributed by atoms with Crippen molar-refractivity contribution in [1.82, 2.24) is 15.1 Å². The molecule has 1 aromatic rings. The molecule has 9 heteroatoms. The Kier molecular flexibility index (Phi) is 7.51. The van der Waals surface area contributed by atoms with Gasteiger partial charge in [0, 0.05) is 31.9 Å². The molecule has 2 aliphatic heterocycles. The van der Waals surface area contributed by atoms with Gasteiger partial charge in [0.25, 0.3) is 0 Å². The van der Waals surface area contributed by atoms with E-state index in [4.69, 9.17) is 14.5 Å². The summed E-state index contributed by atoms with van der Waals surface area (Å²) in [5.74, 6) is 0.261. The normalized spacial score (nSPS) is 19.9. The van der Waals surface area contributed by atoms with Gasteiger partial charge in [-0.2, -0.15) is 0 Å². The highest BCUT2D eigenvalue weighted by atomic mass is 16.6. The lowest BCUT2D eigenvalue weighted by molar-refractivity contribution is 0.0222. The van der Waals surface area contributed by atoms with Crippen LogP contribution in [-0.4, -0.2) is 78.0 Å². The van der Waals surface area contributed by atoms with E-state index in [2.05, 4.69) is 22.3 Å². The van der Waals surface area contributed by atoms with Crippen LogP contribution in [0.3, 0.4) is 0 Å². The van der Waals surface area contributed by atoms with Crippen molar-refractivity contribution in [3.63, 3.8) is 0 Å². The van der Waals surface area contributed by atoms with Gasteiger partial charge in [-0.25, -0.2) is 24.4 Å². The van der Waals surface area contributed by atoms with Crippen LogP contribution in [0.2, 0.25) is 0 Å².